The van der Waals surface area contributed by atoms with Crippen LogP contribution >= 0.6 is 11.8 Å². The monoisotopic (exact) mass is 294 g/mol. The Kier molecular flexibility index (Phi) is 5.06. The summed E-state index contributed by atoms with van der Waals surface area (Å²) in [5.74, 6) is -0.0506. The van der Waals surface area contributed by atoms with Gasteiger partial charge in [0, 0.05) is 17.1 Å². The minimum Gasteiger partial charge on any atom is -0.396 e. The fourth-order valence-corrected chi connectivity index (χ4v) is 3.06. The summed E-state index contributed by atoms with van der Waals surface area (Å²) in [7, 11) is 0. The molecule has 5 heteroatoms. The molecule has 0 spiro atoms. The number of anilines is 1. The number of rotatable bonds is 5. The molecule has 20 heavy (non-hydrogen) atoms. The van der Waals surface area contributed by atoms with Crippen LogP contribution in [0.1, 0.15) is 26.2 Å². The van der Waals surface area contributed by atoms with E-state index in [0.717, 1.165) is 29.9 Å². The van der Waals surface area contributed by atoms with Crippen LogP contribution in [0.5, 0.6) is 0 Å². The fourth-order valence-electron chi connectivity index (χ4n) is 2.26. The van der Waals surface area contributed by atoms with Gasteiger partial charge in [-0.15, -0.1) is 11.8 Å². The summed E-state index contributed by atoms with van der Waals surface area (Å²) >= 11 is 1.34. The van der Waals surface area contributed by atoms with Crippen molar-refractivity contribution >= 4 is 23.4 Å². The zero-order valence-electron chi connectivity index (χ0n) is 11.6. The highest BCUT2D eigenvalue weighted by Gasteiger charge is 2.18. The number of nitrogens with two attached hydrogens (primary N) is 1. The lowest BCUT2D eigenvalue weighted by Crippen LogP contribution is -2.31. The molecule has 1 aromatic carbocycles. The van der Waals surface area contributed by atoms with E-state index >= 15 is 0 Å². The van der Waals surface area contributed by atoms with Crippen molar-refractivity contribution in [1.29, 1.82) is 0 Å². The van der Waals surface area contributed by atoms with Crippen LogP contribution in [-0.4, -0.2) is 23.1 Å². The highest BCUT2D eigenvalue weighted by Crippen LogP contribution is 2.25. The quantitative estimate of drug-likeness (QED) is 0.668. The number of benzene rings is 1. The molecule has 108 valence electrons. The molecular weight excluding hydrogens is 275 g/mol. The number of nitrogen functional groups attached to an aromatic ring is 1. The molecule has 3 nitrogen and oxygen atoms in total. The van der Waals surface area contributed by atoms with Gasteiger partial charge in [0.1, 0.15) is 5.82 Å². The van der Waals surface area contributed by atoms with Crippen molar-refractivity contribution in [3.05, 3.63) is 35.8 Å². The van der Waals surface area contributed by atoms with Gasteiger partial charge in [-0.3, -0.25) is 4.79 Å². The molecule has 0 aliphatic heterocycles. The molecule has 0 unspecified atom stereocenters. The van der Waals surface area contributed by atoms with E-state index in [1.54, 1.807) is 6.07 Å². The van der Waals surface area contributed by atoms with E-state index in [1.807, 2.05) is 11.8 Å². The van der Waals surface area contributed by atoms with Crippen LogP contribution in [0.2, 0.25) is 0 Å². The van der Waals surface area contributed by atoms with Crippen molar-refractivity contribution in [2.75, 3.05) is 18.0 Å². The molecule has 2 N–H and O–H groups in total. The molecule has 2 rings (SSSR count). The summed E-state index contributed by atoms with van der Waals surface area (Å²) in [5.41, 5.74) is 6.69. The van der Waals surface area contributed by atoms with Crippen LogP contribution in [-0.2, 0) is 4.79 Å². The molecule has 1 amide bonds. The predicted molar refractivity (Wildman–Crippen MR) is 80.9 cm³/mol. The fraction of sp³-hybridized carbons (Fsp3) is 0.400. The third-order valence-electron chi connectivity index (χ3n) is 3.32. The first-order valence-electron chi connectivity index (χ1n) is 6.79. The number of allylic oxidation sites excluding steroid dienone is 2. The van der Waals surface area contributed by atoms with Crippen LogP contribution in [0.15, 0.2) is 34.9 Å². The van der Waals surface area contributed by atoms with Crippen LogP contribution in [0, 0.1) is 5.82 Å². The molecule has 0 aromatic heterocycles. The molecule has 0 saturated carbocycles. The van der Waals surface area contributed by atoms with Crippen LogP contribution in [0.4, 0.5) is 10.1 Å². The second-order valence-electron chi connectivity index (χ2n) is 4.70. The van der Waals surface area contributed by atoms with Crippen molar-refractivity contribution in [2.24, 2.45) is 0 Å². The Hall–Kier alpha value is -1.49. The third-order valence-corrected chi connectivity index (χ3v) is 4.29. The zero-order chi connectivity index (χ0) is 14.5. The van der Waals surface area contributed by atoms with E-state index in [4.69, 9.17) is 5.73 Å². The topological polar surface area (TPSA) is 46.3 Å². The highest BCUT2D eigenvalue weighted by molar-refractivity contribution is 8.00. The maximum absolute atomic E-state index is 13.3. The lowest BCUT2D eigenvalue weighted by molar-refractivity contribution is -0.126. The lowest BCUT2D eigenvalue weighted by atomic mass is 10.3. The molecule has 1 aliphatic carbocycles. The van der Waals surface area contributed by atoms with E-state index in [1.165, 1.54) is 23.9 Å². The lowest BCUT2D eigenvalue weighted by Gasteiger charge is -2.22. The van der Waals surface area contributed by atoms with Crippen molar-refractivity contribution in [2.45, 2.75) is 31.1 Å². The van der Waals surface area contributed by atoms with Gasteiger partial charge >= 0.3 is 0 Å². The SMILES string of the molecule is CCN(C(=O)CSc1ccc(N)c(F)c1)C1=CCCC1. The van der Waals surface area contributed by atoms with Gasteiger partial charge in [-0.05, 0) is 44.4 Å². The average molecular weight is 294 g/mol. The summed E-state index contributed by atoms with van der Waals surface area (Å²) in [6.45, 7) is 2.66. The Morgan fingerprint density at radius 1 is 1.50 bits per heavy atom. The summed E-state index contributed by atoms with van der Waals surface area (Å²) in [5, 5.41) is 0. The van der Waals surface area contributed by atoms with Crippen LogP contribution in [0.25, 0.3) is 0 Å². The first kappa shape index (κ1) is 14.9. The smallest absolute Gasteiger partial charge is 0.237 e. The first-order chi connectivity index (χ1) is 9.61. The van der Waals surface area contributed by atoms with Crippen molar-refractivity contribution in [1.82, 2.24) is 4.90 Å². The van der Waals surface area contributed by atoms with Crippen molar-refractivity contribution in [3.8, 4) is 0 Å². The molecule has 0 saturated heterocycles. The van der Waals surface area contributed by atoms with E-state index in [-0.39, 0.29) is 11.6 Å². The number of amides is 1. The highest BCUT2D eigenvalue weighted by atomic mass is 32.2. The average Bonchev–Trinajstić information content (AvgIpc) is 2.95. The number of carbonyl (C=O) groups excluding carboxylic acids is 1. The zero-order valence-corrected chi connectivity index (χ0v) is 12.4. The normalized spacial score (nSPS) is 14.2. The Bertz CT molecular complexity index is 531. The maximum Gasteiger partial charge on any atom is 0.237 e. The van der Waals surface area contributed by atoms with E-state index < -0.39 is 5.82 Å². The van der Waals surface area contributed by atoms with Gasteiger partial charge in [0.25, 0.3) is 0 Å². The minimum absolute atomic E-state index is 0.0721. The minimum atomic E-state index is -0.437. The van der Waals surface area contributed by atoms with Crippen LogP contribution < -0.4 is 5.73 Å². The molecule has 1 aromatic rings. The number of nitrogens with zero attached hydrogens (tertiary/aromatic N) is 1. The van der Waals surface area contributed by atoms with Crippen molar-refractivity contribution in [3.63, 3.8) is 0 Å². The third kappa shape index (κ3) is 3.54. The Balaban J connectivity index is 1.95. The Morgan fingerprint density at radius 3 is 2.90 bits per heavy atom. The number of hydrogen-bond donors (Lipinski definition) is 1. The molecule has 0 radical (unpaired) electrons. The van der Waals surface area contributed by atoms with Gasteiger partial charge in [-0.1, -0.05) is 6.08 Å². The van der Waals surface area contributed by atoms with Gasteiger partial charge in [0.15, 0.2) is 0 Å². The van der Waals surface area contributed by atoms with Gasteiger partial charge in [-0.25, -0.2) is 4.39 Å². The second kappa shape index (κ2) is 6.79. The largest absolute Gasteiger partial charge is 0.396 e. The Morgan fingerprint density at radius 2 is 2.30 bits per heavy atom. The number of carbonyl (C=O) groups is 1. The number of thioether (sulfide) groups is 1. The predicted octanol–water partition coefficient (Wildman–Crippen LogP) is 3.42. The molecular formula is C15H19FN2OS. The van der Waals surface area contributed by atoms with Gasteiger partial charge in [-0.2, -0.15) is 0 Å². The summed E-state index contributed by atoms with van der Waals surface area (Å²) in [4.78, 5) is 14.8. The maximum atomic E-state index is 13.3. The van der Waals surface area contributed by atoms with E-state index in [9.17, 15) is 9.18 Å². The van der Waals surface area contributed by atoms with Gasteiger partial charge in [0.2, 0.25) is 5.91 Å². The van der Waals surface area contributed by atoms with Crippen molar-refractivity contribution < 1.29 is 9.18 Å². The van der Waals surface area contributed by atoms with Gasteiger partial charge < -0.3 is 10.6 Å². The molecule has 1 aliphatic rings. The van der Waals surface area contributed by atoms with E-state index in [2.05, 4.69) is 6.08 Å². The molecule has 0 fully saturated rings. The van der Waals surface area contributed by atoms with Crippen LogP contribution in [0.3, 0.4) is 0 Å². The number of halogens is 1. The summed E-state index contributed by atoms with van der Waals surface area (Å²) in [6.07, 6.45) is 5.28. The number of hydrogen-bond acceptors (Lipinski definition) is 3. The standard InChI is InChI=1S/C15H19FN2OS/c1-2-18(11-5-3-4-6-11)15(19)10-20-12-7-8-14(17)13(16)9-12/h5,7-9H,2-4,6,10,17H2,1H3. The molecule has 0 atom stereocenters. The summed E-state index contributed by atoms with van der Waals surface area (Å²) in [6, 6.07) is 4.64. The Labute approximate surface area is 123 Å². The van der Waals surface area contributed by atoms with E-state index in [0.29, 0.717) is 12.3 Å². The van der Waals surface area contributed by atoms with Gasteiger partial charge in [0.05, 0.1) is 11.4 Å². The molecule has 0 heterocycles. The summed E-state index contributed by atoms with van der Waals surface area (Å²) < 4.78 is 13.3. The first-order valence-corrected chi connectivity index (χ1v) is 7.77. The molecule has 0 bridgehead atoms. The second-order valence-corrected chi connectivity index (χ2v) is 5.75.